The first kappa shape index (κ1) is 10.4. The molecule has 2 atom stereocenters. The van der Waals surface area contributed by atoms with Crippen LogP contribution in [0.3, 0.4) is 0 Å². The van der Waals surface area contributed by atoms with Crippen molar-refractivity contribution in [3.8, 4) is 0 Å². The lowest BCUT2D eigenvalue weighted by molar-refractivity contribution is 0.257. The van der Waals surface area contributed by atoms with Gasteiger partial charge in [-0.15, -0.1) is 12.6 Å². The molecule has 2 unspecified atom stereocenters. The molecule has 1 aromatic heterocycles. The Labute approximate surface area is 106 Å². The molecule has 0 amide bonds. The van der Waals surface area contributed by atoms with E-state index in [1.54, 1.807) is 0 Å². The van der Waals surface area contributed by atoms with E-state index in [4.69, 9.17) is 5.32 Å². The van der Waals surface area contributed by atoms with Crippen molar-refractivity contribution >= 4 is 16.5 Å². The molecule has 1 aliphatic carbocycles. The van der Waals surface area contributed by atoms with Gasteiger partial charge in [-0.25, -0.2) is 0 Å². The standard InChI is InChI=1S/C15H15N2O/c18-8-9-4-12-11-2-1-3-13-15(11)10(7-17-13)5-14(12)16-6-9/h1-4,7,9,14,17-18H,5-6,8H2/q-1. The Bertz CT molecular complexity index is 641. The molecule has 4 rings (SSSR count). The molecule has 0 saturated carbocycles. The first-order valence-corrected chi connectivity index (χ1v) is 6.45. The van der Waals surface area contributed by atoms with E-state index in [1.807, 2.05) is 0 Å². The van der Waals surface area contributed by atoms with E-state index in [1.165, 1.54) is 27.6 Å². The first-order valence-electron chi connectivity index (χ1n) is 6.45. The largest absolute Gasteiger partial charge is 0.655 e. The Morgan fingerprint density at radius 2 is 2.33 bits per heavy atom. The molecular weight excluding hydrogens is 224 g/mol. The van der Waals surface area contributed by atoms with Crippen molar-refractivity contribution in [1.29, 1.82) is 0 Å². The minimum atomic E-state index is 0.187. The van der Waals surface area contributed by atoms with E-state index >= 15 is 0 Å². The summed E-state index contributed by atoms with van der Waals surface area (Å²) in [4.78, 5) is 3.34. The highest BCUT2D eigenvalue weighted by molar-refractivity contribution is 5.98. The van der Waals surface area contributed by atoms with Gasteiger partial charge in [-0.1, -0.05) is 23.8 Å². The fraction of sp³-hybridized carbons (Fsp3) is 0.333. The van der Waals surface area contributed by atoms with Gasteiger partial charge in [-0.3, -0.25) is 0 Å². The van der Waals surface area contributed by atoms with Crippen LogP contribution < -0.4 is 0 Å². The summed E-state index contributed by atoms with van der Waals surface area (Å²) >= 11 is 0. The molecule has 2 aromatic rings. The Morgan fingerprint density at radius 1 is 1.39 bits per heavy atom. The molecule has 0 bridgehead atoms. The van der Waals surface area contributed by atoms with Gasteiger partial charge in [0.15, 0.2) is 0 Å². The summed E-state index contributed by atoms with van der Waals surface area (Å²) < 4.78 is 0. The molecule has 2 N–H and O–H groups in total. The summed E-state index contributed by atoms with van der Waals surface area (Å²) in [6.45, 7) is 0.941. The van der Waals surface area contributed by atoms with E-state index in [0.717, 1.165) is 13.0 Å². The maximum atomic E-state index is 9.32. The number of aromatic amines is 1. The number of nitrogens with zero attached hydrogens (tertiary/aromatic N) is 1. The van der Waals surface area contributed by atoms with Gasteiger partial charge in [0.2, 0.25) is 0 Å². The van der Waals surface area contributed by atoms with Crippen LogP contribution >= 0.6 is 0 Å². The Kier molecular flexibility index (Phi) is 2.13. The molecule has 3 heteroatoms. The van der Waals surface area contributed by atoms with E-state index in [-0.39, 0.29) is 18.6 Å². The number of H-pyrrole nitrogens is 1. The zero-order valence-corrected chi connectivity index (χ0v) is 10.1. The fourth-order valence-electron chi connectivity index (χ4n) is 3.20. The Morgan fingerprint density at radius 3 is 3.22 bits per heavy atom. The summed E-state index contributed by atoms with van der Waals surface area (Å²) in [5.74, 6) is 0.187. The zero-order valence-electron chi connectivity index (χ0n) is 10.1. The van der Waals surface area contributed by atoms with Crippen molar-refractivity contribution in [3.63, 3.8) is 0 Å². The summed E-state index contributed by atoms with van der Waals surface area (Å²) in [6, 6.07) is 6.66. The minimum absolute atomic E-state index is 0.187. The second-order valence-corrected chi connectivity index (χ2v) is 5.19. The van der Waals surface area contributed by atoms with Gasteiger partial charge in [0, 0.05) is 23.7 Å². The molecule has 2 aliphatic rings. The quantitative estimate of drug-likeness (QED) is 0.789. The Hall–Kier alpha value is -1.58. The third kappa shape index (κ3) is 1.32. The lowest BCUT2D eigenvalue weighted by Gasteiger charge is -2.43. The second kappa shape index (κ2) is 3.70. The maximum Gasteiger partial charge on any atom is 0.0477 e. The van der Waals surface area contributed by atoms with Crippen LogP contribution in [0.4, 0.5) is 0 Å². The number of benzene rings is 1. The number of aliphatic hydroxyl groups is 1. The van der Waals surface area contributed by atoms with Crippen molar-refractivity contribution in [2.45, 2.75) is 12.5 Å². The lowest BCUT2D eigenvalue weighted by atomic mass is 9.81. The molecular formula is C15H15N2O-. The first-order chi connectivity index (χ1) is 8.86. The SMILES string of the molecule is OCC1C=C2c3cccc4[nH]cc(c34)CC2[N-]C1. The molecule has 1 aliphatic heterocycles. The number of fused-ring (bicyclic) bond motifs is 2. The molecule has 0 radical (unpaired) electrons. The predicted octanol–water partition coefficient (Wildman–Crippen LogP) is 2.47. The van der Waals surface area contributed by atoms with E-state index < -0.39 is 0 Å². The number of nitrogens with one attached hydrogen (secondary N) is 1. The number of hydrogen-bond donors (Lipinski definition) is 2. The summed E-state index contributed by atoms with van der Waals surface area (Å²) in [5.41, 5.74) is 5.17. The Balaban J connectivity index is 1.97. The highest BCUT2D eigenvalue weighted by atomic mass is 16.3. The van der Waals surface area contributed by atoms with Gasteiger partial charge >= 0.3 is 0 Å². The van der Waals surface area contributed by atoms with Crippen molar-refractivity contribution in [2.24, 2.45) is 5.92 Å². The van der Waals surface area contributed by atoms with Gasteiger partial charge in [0.25, 0.3) is 0 Å². The number of hydrogen-bond acceptors (Lipinski definition) is 1. The van der Waals surface area contributed by atoms with E-state index in [2.05, 4.69) is 35.5 Å². The van der Waals surface area contributed by atoms with Crippen molar-refractivity contribution in [2.75, 3.05) is 13.2 Å². The number of rotatable bonds is 1. The third-order valence-corrected chi connectivity index (χ3v) is 4.08. The highest BCUT2D eigenvalue weighted by Gasteiger charge is 2.23. The molecule has 0 spiro atoms. The molecule has 18 heavy (non-hydrogen) atoms. The summed E-state index contributed by atoms with van der Waals surface area (Å²) in [5, 5.41) is 15.4. The molecule has 2 heterocycles. The second-order valence-electron chi connectivity index (χ2n) is 5.19. The van der Waals surface area contributed by atoms with Crippen LogP contribution in [0.2, 0.25) is 0 Å². The predicted molar refractivity (Wildman–Crippen MR) is 72.6 cm³/mol. The van der Waals surface area contributed by atoms with Crippen molar-refractivity contribution in [1.82, 2.24) is 4.98 Å². The maximum absolute atomic E-state index is 9.32. The summed E-state index contributed by atoms with van der Waals surface area (Å²) in [6.07, 6.45) is 5.32. The smallest absolute Gasteiger partial charge is 0.0477 e. The van der Waals surface area contributed by atoms with Crippen LogP contribution in [0.15, 0.2) is 30.5 Å². The number of aromatic nitrogens is 1. The normalized spacial score (nSPS) is 25.9. The highest BCUT2D eigenvalue weighted by Crippen LogP contribution is 2.41. The van der Waals surface area contributed by atoms with Crippen LogP contribution in [-0.2, 0) is 6.42 Å². The van der Waals surface area contributed by atoms with Crippen molar-refractivity contribution < 1.29 is 5.11 Å². The average molecular weight is 239 g/mol. The molecule has 92 valence electrons. The van der Waals surface area contributed by atoms with Crippen LogP contribution in [0.25, 0.3) is 21.8 Å². The molecule has 0 saturated heterocycles. The fourth-order valence-corrected chi connectivity index (χ4v) is 3.20. The van der Waals surface area contributed by atoms with Gasteiger partial charge in [0.1, 0.15) is 0 Å². The van der Waals surface area contributed by atoms with Crippen LogP contribution in [0, 0.1) is 5.92 Å². The molecule has 3 nitrogen and oxygen atoms in total. The van der Waals surface area contributed by atoms with E-state index in [0.29, 0.717) is 0 Å². The third-order valence-electron chi connectivity index (χ3n) is 4.08. The van der Waals surface area contributed by atoms with E-state index in [9.17, 15) is 5.11 Å². The van der Waals surface area contributed by atoms with Gasteiger partial charge in [-0.2, -0.15) is 0 Å². The van der Waals surface area contributed by atoms with Gasteiger partial charge in [0.05, 0.1) is 0 Å². The molecule has 0 fully saturated rings. The van der Waals surface area contributed by atoms with Crippen LogP contribution in [0.5, 0.6) is 0 Å². The van der Waals surface area contributed by atoms with Crippen molar-refractivity contribution in [3.05, 3.63) is 46.9 Å². The zero-order chi connectivity index (χ0) is 12.1. The summed E-state index contributed by atoms with van der Waals surface area (Å²) in [7, 11) is 0. The number of aliphatic hydroxyl groups excluding tert-OH is 1. The van der Waals surface area contributed by atoms with Gasteiger partial charge < -0.3 is 15.4 Å². The van der Waals surface area contributed by atoms with Crippen LogP contribution in [-0.4, -0.2) is 29.3 Å². The molecule has 1 aromatic carbocycles. The van der Waals surface area contributed by atoms with Gasteiger partial charge in [-0.05, 0) is 29.5 Å². The minimum Gasteiger partial charge on any atom is -0.655 e. The average Bonchev–Trinajstić information content (AvgIpc) is 2.83. The topological polar surface area (TPSA) is 50.1 Å². The monoisotopic (exact) mass is 239 g/mol. The van der Waals surface area contributed by atoms with Crippen LogP contribution in [0.1, 0.15) is 11.1 Å². The lowest BCUT2D eigenvalue weighted by Crippen LogP contribution is -2.26.